The highest BCUT2D eigenvalue weighted by Crippen LogP contribution is 2.26. The molecule has 1 aliphatic rings. The van der Waals surface area contributed by atoms with Crippen LogP contribution >= 0.6 is 0 Å². The molecule has 1 aromatic rings. The molecule has 0 amide bonds. The summed E-state index contributed by atoms with van der Waals surface area (Å²) in [5.41, 5.74) is 3.48. The number of rotatable bonds is 3. The maximum Gasteiger partial charge on any atom is 0.313 e. The molecular weight excluding hydrogens is 244 g/mol. The predicted molar refractivity (Wildman–Crippen MR) is 72.1 cm³/mol. The van der Waals surface area contributed by atoms with Gasteiger partial charge in [-0.05, 0) is 12.5 Å². The van der Waals surface area contributed by atoms with Crippen molar-refractivity contribution < 1.29 is 9.53 Å². The first-order valence-corrected chi connectivity index (χ1v) is 6.25. The van der Waals surface area contributed by atoms with Crippen LogP contribution in [0.15, 0.2) is 35.3 Å². The van der Waals surface area contributed by atoms with Gasteiger partial charge in [-0.2, -0.15) is 0 Å². The molecule has 0 spiro atoms. The maximum atomic E-state index is 12.0. The fourth-order valence-corrected chi connectivity index (χ4v) is 2.11. The first-order valence-electron chi connectivity index (χ1n) is 6.25. The molecule has 19 heavy (non-hydrogen) atoms. The van der Waals surface area contributed by atoms with Gasteiger partial charge in [-0.25, -0.2) is 5.84 Å². The minimum absolute atomic E-state index is 0.191. The topological polar surface area (TPSA) is 88.7 Å². The Labute approximate surface area is 112 Å². The van der Waals surface area contributed by atoms with Gasteiger partial charge in [-0.1, -0.05) is 30.3 Å². The molecule has 0 saturated heterocycles. The Morgan fingerprint density at radius 1 is 1.53 bits per heavy atom. The zero-order valence-electron chi connectivity index (χ0n) is 10.8. The van der Waals surface area contributed by atoms with Crippen LogP contribution in [0, 0.1) is 5.92 Å². The number of nitrogens with two attached hydrogens (primary N) is 1. The van der Waals surface area contributed by atoms with Crippen LogP contribution in [0.4, 0.5) is 0 Å². The van der Waals surface area contributed by atoms with Gasteiger partial charge in [-0.15, -0.1) is 0 Å². The first-order chi connectivity index (χ1) is 9.26. The van der Waals surface area contributed by atoms with E-state index in [0.29, 0.717) is 19.1 Å². The van der Waals surface area contributed by atoms with E-state index in [9.17, 15) is 4.79 Å². The summed E-state index contributed by atoms with van der Waals surface area (Å²) in [4.78, 5) is 16.2. The molecule has 1 aliphatic heterocycles. The van der Waals surface area contributed by atoms with E-state index in [-0.39, 0.29) is 17.9 Å². The second-order valence-electron chi connectivity index (χ2n) is 4.22. The number of hydrogen-bond acceptors (Lipinski definition) is 6. The van der Waals surface area contributed by atoms with Gasteiger partial charge in [0.1, 0.15) is 5.92 Å². The van der Waals surface area contributed by atoms with Crippen molar-refractivity contribution in [1.29, 1.82) is 0 Å². The van der Waals surface area contributed by atoms with Crippen molar-refractivity contribution in [3.05, 3.63) is 35.9 Å². The van der Waals surface area contributed by atoms with Gasteiger partial charge in [0.05, 0.1) is 19.2 Å². The normalized spacial score (nSPS) is 22.1. The van der Waals surface area contributed by atoms with E-state index >= 15 is 0 Å². The van der Waals surface area contributed by atoms with Gasteiger partial charge in [0, 0.05) is 0 Å². The molecule has 0 bridgehead atoms. The average molecular weight is 262 g/mol. The van der Waals surface area contributed by atoms with Crippen LogP contribution in [0.5, 0.6) is 0 Å². The van der Waals surface area contributed by atoms with Crippen LogP contribution in [0.1, 0.15) is 18.5 Å². The summed E-state index contributed by atoms with van der Waals surface area (Å²) in [7, 11) is 0. The van der Waals surface area contributed by atoms with Gasteiger partial charge in [-0.3, -0.25) is 15.2 Å². The largest absolute Gasteiger partial charge is 0.466 e. The van der Waals surface area contributed by atoms with Crippen LogP contribution in [0.3, 0.4) is 0 Å². The molecule has 0 fully saturated rings. The summed E-state index contributed by atoms with van der Waals surface area (Å²) in [6.45, 7) is 2.51. The molecule has 2 unspecified atom stereocenters. The Balaban J connectivity index is 2.24. The molecule has 0 saturated carbocycles. The summed E-state index contributed by atoms with van der Waals surface area (Å²) in [5.74, 6) is 5.25. The summed E-state index contributed by atoms with van der Waals surface area (Å²) >= 11 is 0. The number of aliphatic imine (C=N–C) groups is 1. The molecule has 0 radical (unpaired) electrons. The van der Waals surface area contributed by atoms with Crippen LogP contribution in [0.2, 0.25) is 0 Å². The SMILES string of the molecule is CCOC(=O)C1CN=C(NN)NC1c1ccccc1. The van der Waals surface area contributed by atoms with Crippen molar-refractivity contribution in [2.45, 2.75) is 13.0 Å². The average Bonchev–Trinajstić information content (AvgIpc) is 2.47. The molecule has 0 aliphatic carbocycles. The Hall–Kier alpha value is -2.08. The van der Waals surface area contributed by atoms with Crippen LogP contribution in [0.25, 0.3) is 0 Å². The summed E-state index contributed by atoms with van der Waals surface area (Å²) in [5, 5.41) is 3.12. The highest BCUT2D eigenvalue weighted by molar-refractivity contribution is 5.83. The van der Waals surface area contributed by atoms with Gasteiger partial charge in [0.2, 0.25) is 5.96 Å². The van der Waals surface area contributed by atoms with Crippen molar-refractivity contribution >= 4 is 11.9 Å². The molecule has 2 rings (SSSR count). The molecule has 102 valence electrons. The predicted octanol–water partition coefficient (Wildman–Crippen LogP) is 0.330. The van der Waals surface area contributed by atoms with Crippen LogP contribution < -0.4 is 16.6 Å². The number of esters is 1. The van der Waals surface area contributed by atoms with E-state index in [0.717, 1.165) is 5.56 Å². The summed E-state index contributed by atoms with van der Waals surface area (Å²) < 4.78 is 5.10. The number of carbonyl (C=O) groups excluding carboxylic acids is 1. The lowest BCUT2D eigenvalue weighted by atomic mass is 9.92. The number of guanidine groups is 1. The van der Waals surface area contributed by atoms with Crippen molar-refractivity contribution in [2.24, 2.45) is 16.8 Å². The molecule has 1 heterocycles. The standard InChI is InChI=1S/C13H18N4O2/c1-2-19-12(18)10-8-15-13(17-14)16-11(10)9-6-4-3-5-7-9/h3-7,10-11H,2,8,14H2,1H3,(H2,15,16,17). The number of nitrogens with zero attached hydrogens (tertiary/aromatic N) is 1. The zero-order chi connectivity index (χ0) is 13.7. The lowest BCUT2D eigenvalue weighted by Gasteiger charge is -2.30. The smallest absolute Gasteiger partial charge is 0.313 e. The van der Waals surface area contributed by atoms with Crippen molar-refractivity contribution in [2.75, 3.05) is 13.2 Å². The number of hydrazine groups is 1. The van der Waals surface area contributed by atoms with Gasteiger partial charge in [0.15, 0.2) is 0 Å². The molecule has 6 nitrogen and oxygen atoms in total. The molecule has 0 aromatic heterocycles. The Morgan fingerprint density at radius 2 is 2.26 bits per heavy atom. The first kappa shape index (κ1) is 13.4. The highest BCUT2D eigenvalue weighted by atomic mass is 16.5. The molecule has 1 aromatic carbocycles. The Morgan fingerprint density at radius 3 is 2.89 bits per heavy atom. The third-order valence-electron chi connectivity index (χ3n) is 3.03. The molecular formula is C13H18N4O2. The van der Waals surface area contributed by atoms with Crippen LogP contribution in [-0.2, 0) is 9.53 Å². The van der Waals surface area contributed by atoms with E-state index in [1.165, 1.54) is 0 Å². The second kappa shape index (κ2) is 6.19. The minimum Gasteiger partial charge on any atom is -0.466 e. The molecule has 4 N–H and O–H groups in total. The maximum absolute atomic E-state index is 12.0. The van der Waals surface area contributed by atoms with Crippen molar-refractivity contribution in [1.82, 2.24) is 10.7 Å². The van der Waals surface area contributed by atoms with Gasteiger partial charge in [0.25, 0.3) is 0 Å². The van der Waals surface area contributed by atoms with E-state index in [1.54, 1.807) is 6.92 Å². The van der Waals surface area contributed by atoms with Crippen molar-refractivity contribution in [3.8, 4) is 0 Å². The fourth-order valence-electron chi connectivity index (χ4n) is 2.11. The lowest BCUT2D eigenvalue weighted by molar-refractivity contribution is -0.148. The number of benzene rings is 1. The summed E-state index contributed by atoms with van der Waals surface area (Å²) in [6.07, 6.45) is 0. The monoisotopic (exact) mass is 262 g/mol. The Bertz CT molecular complexity index is 461. The highest BCUT2D eigenvalue weighted by Gasteiger charge is 2.34. The van der Waals surface area contributed by atoms with E-state index in [2.05, 4.69) is 15.7 Å². The third-order valence-corrected chi connectivity index (χ3v) is 3.03. The number of ether oxygens (including phenoxy) is 1. The fraction of sp³-hybridized carbons (Fsp3) is 0.385. The minimum atomic E-state index is -0.348. The molecule has 6 heteroatoms. The van der Waals surface area contributed by atoms with Crippen molar-refractivity contribution in [3.63, 3.8) is 0 Å². The lowest BCUT2D eigenvalue weighted by Crippen LogP contribution is -2.50. The third kappa shape index (κ3) is 3.03. The Kier molecular flexibility index (Phi) is 4.35. The number of nitrogens with one attached hydrogen (secondary N) is 2. The zero-order valence-corrected chi connectivity index (χ0v) is 10.8. The van der Waals surface area contributed by atoms with Gasteiger partial charge >= 0.3 is 5.97 Å². The number of hydrogen-bond donors (Lipinski definition) is 3. The number of carbonyl (C=O) groups is 1. The quantitative estimate of drug-likeness (QED) is 0.415. The second-order valence-corrected chi connectivity index (χ2v) is 4.22. The summed E-state index contributed by atoms with van der Waals surface area (Å²) in [6, 6.07) is 9.53. The van der Waals surface area contributed by atoms with E-state index in [1.807, 2.05) is 30.3 Å². The van der Waals surface area contributed by atoms with E-state index in [4.69, 9.17) is 10.6 Å². The molecule has 2 atom stereocenters. The van der Waals surface area contributed by atoms with E-state index < -0.39 is 0 Å². The van der Waals surface area contributed by atoms with Gasteiger partial charge < -0.3 is 10.1 Å². The van der Waals surface area contributed by atoms with Crippen LogP contribution in [-0.4, -0.2) is 25.1 Å².